The Morgan fingerprint density at radius 3 is 2.52 bits per heavy atom. The number of nitrogens with zero attached hydrogens (tertiary/aromatic N) is 3. The number of anilines is 1. The second kappa shape index (κ2) is 12.6. The molecule has 33 heavy (non-hydrogen) atoms. The van der Waals surface area contributed by atoms with Crippen LogP contribution in [0.4, 0.5) is 5.82 Å². The summed E-state index contributed by atoms with van der Waals surface area (Å²) in [5, 5.41) is 4.52. The van der Waals surface area contributed by atoms with Gasteiger partial charge in [-0.25, -0.2) is 4.98 Å². The van der Waals surface area contributed by atoms with Crippen molar-refractivity contribution in [3.05, 3.63) is 58.2 Å². The highest BCUT2D eigenvalue weighted by molar-refractivity contribution is 6.42. The van der Waals surface area contributed by atoms with E-state index in [0.29, 0.717) is 34.9 Å². The Labute approximate surface area is 219 Å². The van der Waals surface area contributed by atoms with Crippen molar-refractivity contribution in [1.82, 2.24) is 15.2 Å². The van der Waals surface area contributed by atoms with E-state index in [1.807, 2.05) is 42.3 Å². The minimum Gasteiger partial charge on any atom is -0.317 e. The molecule has 0 aliphatic carbocycles. The largest absolute Gasteiger partial charge is 0.317 e. The molecular weight excluding hydrogens is 502 g/mol. The normalized spacial score (nSPS) is 21.9. The van der Waals surface area contributed by atoms with Crippen molar-refractivity contribution < 1.29 is 4.79 Å². The number of hydrogen-bond donors (Lipinski definition) is 1. The first-order chi connectivity index (χ1) is 15.0. The van der Waals surface area contributed by atoms with Crippen LogP contribution in [-0.2, 0) is 10.2 Å². The fraction of sp³-hybridized carbons (Fsp3) is 0.500. The van der Waals surface area contributed by atoms with Gasteiger partial charge in [-0.05, 0) is 82.2 Å². The van der Waals surface area contributed by atoms with Gasteiger partial charge in [0.05, 0.1) is 10.0 Å². The molecular formula is C24H32Cl4N4O. The number of nitrogens with one attached hydrogen (secondary N) is 1. The number of carbonyl (C=O) groups excluding carboxylic acids is 1. The number of amides is 1. The number of likely N-dealkylation sites (tertiary alicyclic amines) is 1. The third-order valence-corrected chi connectivity index (χ3v) is 7.68. The molecule has 0 bridgehead atoms. The number of hydrogen-bond acceptors (Lipinski definition) is 4. The molecule has 1 atom stereocenters. The highest BCUT2D eigenvalue weighted by atomic mass is 35.5. The number of rotatable bonds is 6. The summed E-state index contributed by atoms with van der Waals surface area (Å²) in [6.07, 6.45) is 6.36. The number of carbonyl (C=O) groups is 1. The van der Waals surface area contributed by atoms with Gasteiger partial charge in [0.15, 0.2) is 0 Å². The smallest absolute Gasteiger partial charge is 0.228 e. The van der Waals surface area contributed by atoms with Gasteiger partial charge in [-0.15, -0.1) is 24.8 Å². The quantitative estimate of drug-likeness (QED) is 0.542. The first-order valence-corrected chi connectivity index (χ1v) is 11.8. The molecule has 1 N–H and O–H groups in total. The molecule has 2 fully saturated rings. The number of benzene rings is 1. The molecule has 2 aliphatic heterocycles. The van der Waals surface area contributed by atoms with Crippen LogP contribution in [-0.4, -0.2) is 55.1 Å². The fourth-order valence-electron chi connectivity index (χ4n) is 4.90. The molecule has 1 aromatic heterocycles. The highest BCUT2D eigenvalue weighted by Gasteiger charge is 2.41. The summed E-state index contributed by atoms with van der Waals surface area (Å²) >= 11 is 12.6. The molecule has 0 radical (unpaired) electrons. The maximum Gasteiger partial charge on any atom is 0.228 e. The van der Waals surface area contributed by atoms with Crippen molar-refractivity contribution >= 4 is 59.7 Å². The van der Waals surface area contributed by atoms with Gasteiger partial charge in [-0.1, -0.05) is 35.3 Å². The second-order valence-corrected chi connectivity index (χ2v) is 9.55. The van der Waals surface area contributed by atoms with Gasteiger partial charge < -0.3 is 10.2 Å². The Morgan fingerprint density at radius 2 is 1.88 bits per heavy atom. The average Bonchev–Trinajstić information content (AvgIpc) is 2.81. The number of aromatic nitrogens is 1. The van der Waals surface area contributed by atoms with Gasteiger partial charge in [0, 0.05) is 30.6 Å². The lowest BCUT2D eigenvalue weighted by atomic mass is 9.71. The number of pyridine rings is 1. The van der Waals surface area contributed by atoms with Crippen LogP contribution < -0.4 is 10.2 Å². The molecule has 1 amide bonds. The summed E-state index contributed by atoms with van der Waals surface area (Å²) in [5.74, 6) is 0.843. The van der Waals surface area contributed by atoms with Gasteiger partial charge >= 0.3 is 0 Å². The minimum atomic E-state index is -0.181. The van der Waals surface area contributed by atoms with Crippen LogP contribution in [0.1, 0.15) is 37.7 Å². The van der Waals surface area contributed by atoms with E-state index in [-0.39, 0.29) is 36.1 Å². The molecule has 2 aromatic rings. The lowest BCUT2D eigenvalue weighted by molar-refractivity contribution is -0.120. The molecule has 0 spiro atoms. The van der Waals surface area contributed by atoms with Gasteiger partial charge in [0.25, 0.3) is 0 Å². The molecule has 1 aromatic carbocycles. The predicted octanol–water partition coefficient (Wildman–Crippen LogP) is 5.37. The van der Waals surface area contributed by atoms with Crippen LogP contribution in [0.2, 0.25) is 10.0 Å². The van der Waals surface area contributed by atoms with Crippen LogP contribution in [0.15, 0.2) is 42.6 Å². The van der Waals surface area contributed by atoms with Gasteiger partial charge in [-0.2, -0.15) is 0 Å². The van der Waals surface area contributed by atoms with Crippen LogP contribution in [0.25, 0.3) is 0 Å². The second-order valence-electron chi connectivity index (χ2n) is 8.73. The van der Waals surface area contributed by atoms with Crippen LogP contribution in [0.5, 0.6) is 0 Å². The first kappa shape index (κ1) is 28.2. The predicted molar refractivity (Wildman–Crippen MR) is 142 cm³/mol. The lowest BCUT2D eigenvalue weighted by Crippen LogP contribution is -2.51. The molecule has 0 saturated carbocycles. The summed E-state index contributed by atoms with van der Waals surface area (Å²) in [6.45, 7) is 3.81. The van der Waals surface area contributed by atoms with Gasteiger partial charge in [0.1, 0.15) is 5.82 Å². The maximum absolute atomic E-state index is 12.8. The van der Waals surface area contributed by atoms with Gasteiger partial charge in [-0.3, -0.25) is 9.69 Å². The monoisotopic (exact) mass is 532 g/mol. The molecule has 0 unspecified atom stereocenters. The van der Waals surface area contributed by atoms with E-state index in [1.165, 1.54) is 12.8 Å². The van der Waals surface area contributed by atoms with Crippen LogP contribution >= 0.6 is 48.0 Å². The summed E-state index contributed by atoms with van der Waals surface area (Å²) in [5.41, 5.74) is 0.972. The van der Waals surface area contributed by atoms with Crippen molar-refractivity contribution in [2.45, 2.75) is 43.6 Å². The zero-order chi connectivity index (χ0) is 21.8. The summed E-state index contributed by atoms with van der Waals surface area (Å²) < 4.78 is 0. The van der Waals surface area contributed by atoms with E-state index >= 15 is 0 Å². The van der Waals surface area contributed by atoms with Crippen LogP contribution in [0.3, 0.4) is 0 Å². The van der Waals surface area contributed by atoms with Crippen molar-refractivity contribution in [1.29, 1.82) is 0 Å². The Balaban J connectivity index is 0.00000193. The topological polar surface area (TPSA) is 48.5 Å². The standard InChI is InChI=1S/C24H30Cl2N4O.2ClH/c1-27-19-8-13-29(14-9-19)15-11-24(18-5-6-20(25)21(26)16-18)10-7-23(31)30(17-24)22-4-2-3-12-28-22;;/h2-6,12,16,19,27H,7-11,13-15,17H2,1H3;2*1H/t24-;;/m1../s1. The number of halogens is 4. The average molecular weight is 534 g/mol. The van der Waals surface area contributed by atoms with E-state index in [0.717, 1.165) is 38.0 Å². The van der Waals surface area contributed by atoms with Crippen molar-refractivity contribution in [3.8, 4) is 0 Å². The Bertz CT molecular complexity index is 909. The third kappa shape index (κ3) is 6.53. The number of piperidine rings is 2. The maximum atomic E-state index is 12.8. The molecule has 3 heterocycles. The summed E-state index contributed by atoms with van der Waals surface area (Å²) in [7, 11) is 2.05. The van der Waals surface area contributed by atoms with Crippen molar-refractivity contribution in [2.24, 2.45) is 0 Å². The third-order valence-electron chi connectivity index (χ3n) is 6.94. The molecule has 4 rings (SSSR count). The van der Waals surface area contributed by atoms with E-state index in [1.54, 1.807) is 6.20 Å². The van der Waals surface area contributed by atoms with Crippen molar-refractivity contribution in [3.63, 3.8) is 0 Å². The molecule has 182 valence electrons. The lowest BCUT2D eigenvalue weighted by Gasteiger charge is -2.44. The van der Waals surface area contributed by atoms with E-state index in [4.69, 9.17) is 23.2 Å². The SMILES string of the molecule is CNC1CCN(CC[C@]2(c3ccc(Cl)c(Cl)c3)CCC(=O)N(c3ccccn3)C2)CC1.Cl.Cl. The Hall–Kier alpha value is -1.08. The molecule has 9 heteroatoms. The van der Waals surface area contributed by atoms with Crippen LogP contribution in [0, 0.1) is 0 Å². The summed E-state index contributed by atoms with van der Waals surface area (Å²) in [4.78, 5) is 21.7. The molecule has 2 saturated heterocycles. The summed E-state index contributed by atoms with van der Waals surface area (Å²) in [6, 6.07) is 12.3. The minimum absolute atomic E-state index is 0. The highest BCUT2D eigenvalue weighted by Crippen LogP contribution is 2.41. The van der Waals surface area contributed by atoms with Gasteiger partial charge in [0.2, 0.25) is 5.91 Å². The van der Waals surface area contributed by atoms with E-state index < -0.39 is 0 Å². The molecule has 2 aliphatic rings. The Morgan fingerprint density at radius 1 is 1.12 bits per heavy atom. The molecule has 5 nitrogen and oxygen atoms in total. The zero-order valence-corrected chi connectivity index (χ0v) is 21.9. The van der Waals surface area contributed by atoms with E-state index in [9.17, 15) is 4.79 Å². The zero-order valence-electron chi connectivity index (χ0n) is 18.8. The first-order valence-electron chi connectivity index (χ1n) is 11.1. The van der Waals surface area contributed by atoms with E-state index in [2.05, 4.69) is 21.3 Å². The fourth-order valence-corrected chi connectivity index (χ4v) is 5.20. The van der Waals surface area contributed by atoms with Crippen molar-refractivity contribution in [2.75, 3.05) is 38.1 Å². The Kier molecular flexibility index (Phi) is 10.7.